The van der Waals surface area contributed by atoms with Gasteiger partial charge in [0.05, 0.1) is 26.4 Å². The molecule has 0 aliphatic heterocycles. The van der Waals surface area contributed by atoms with Crippen molar-refractivity contribution in [1.29, 1.82) is 0 Å². The van der Waals surface area contributed by atoms with Gasteiger partial charge in [0.15, 0.2) is 11.0 Å². The van der Waals surface area contributed by atoms with Gasteiger partial charge >= 0.3 is 0 Å². The highest BCUT2D eigenvalue weighted by molar-refractivity contribution is 6.33. The Bertz CT molecular complexity index is 1090. The Kier molecular flexibility index (Phi) is 8.25. The molecule has 1 aliphatic carbocycles. The molecule has 0 bridgehead atoms. The molecule has 2 amide bonds. The second kappa shape index (κ2) is 11.7. The van der Waals surface area contributed by atoms with Crippen LogP contribution in [0.25, 0.3) is 0 Å². The molecular weight excluding hydrogens is 470 g/mol. The highest BCUT2D eigenvalue weighted by Crippen LogP contribution is 2.49. The van der Waals surface area contributed by atoms with Gasteiger partial charge in [-0.05, 0) is 17.5 Å². The number of hydrogen-bond donors (Lipinski definition) is 3. The van der Waals surface area contributed by atoms with E-state index in [-0.39, 0.29) is 28.2 Å². The van der Waals surface area contributed by atoms with Gasteiger partial charge in [0, 0.05) is 11.5 Å². The summed E-state index contributed by atoms with van der Waals surface area (Å²) < 4.78 is 12.1. The molecule has 0 saturated heterocycles. The fourth-order valence-corrected chi connectivity index (χ4v) is 4.04. The van der Waals surface area contributed by atoms with Gasteiger partial charge in [-0.15, -0.1) is 0 Å². The number of nitrogens with zero attached hydrogens (tertiary/aromatic N) is 2. The maximum Gasteiger partial charge on any atom is 0.232 e. The summed E-state index contributed by atoms with van der Waals surface area (Å²) in [5, 5.41) is 8.24. The number of rotatable bonds is 14. The van der Waals surface area contributed by atoms with Gasteiger partial charge in [0.2, 0.25) is 18.8 Å². The average Bonchev–Trinajstić information content (AvgIpc) is 3.54. The van der Waals surface area contributed by atoms with Crippen LogP contribution in [0.4, 0.5) is 17.5 Å². The van der Waals surface area contributed by atoms with Crippen molar-refractivity contribution in [2.45, 2.75) is 25.7 Å². The summed E-state index contributed by atoms with van der Waals surface area (Å²) in [4.78, 5) is 30.2. The van der Waals surface area contributed by atoms with Gasteiger partial charge in [-0.2, -0.15) is 9.97 Å². The van der Waals surface area contributed by atoms with Gasteiger partial charge in [0.1, 0.15) is 5.69 Å². The number of aromatic nitrogens is 2. The number of halogens is 1. The molecule has 35 heavy (non-hydrogen) atoms. The average molecular weight is 496 g/mol. The summed E-state index contributed by atoms with van der Waals surface area (Å²) in [6, 6.07) is 19.8. The summed E-state index contributed by atoms with van der Waals surface area (Å²) in [5.41, 5.74) is 2.09. The van der Waals surface area contributed by atoms with E-state index in [0.29, 0.717) is 45.1 Å². The van der Waals surface area contributed by atoms with Crippen molar-refractivity contribution in [2.24, 2.45) is 5.41 Å². The number of anilines is 3. The van der Waals surface area contributed by atoms with Gasteiger partial charge in [-0.1, -0.05) is 72.3 Å². The fourth-order valence-electron chi connectivity index (χ4n) is 3.81. The minimum atomic E-state index is -0.308. The Hall–Kier alpha value is -3.53. The number of amides is 2. The molecule has 1 aliphatic rings. The molecule has 3 N–H and O–H groups in total. The molecule has 3 aromatic rings. The van der Waals surface area contributed by atoms with Gasteiger partial charge < -0.3 is 20.1 Å². The monoisotopic (exact) mass is 495 g/mol. The molecule has 4 rings (SSSR count). The van der Waals surface area contributed by atoms with Crippen molar-refractivity contribution >= 4 is 41.9 Å². The van der Waals surface area contributed by atoms with Crippen LogP contribution >= 0.6 is 11.6 Å². The lowest BCUT2D eigenvalue weighted by Crippen LogP contribution is -2.26. The number of carbonyl (C=O) groups excluding carboxylic acids is 2. The highest BCUT2D eigenvalue weighted by atomic mass is 35.5. The molecule has 1 heterocycles. The van der Waals surface area contributed by atoms with E-state index in [1.807, 2.05) is 60.7 Å². The smallest absolute Gasteiger partial charge is 0.232 e. The molecule has 9 nitrogen and oxygen atoms in total. The largest absolute Gasteiger partial charge is 0.376 e. The van der Waals surface area contributed by atoms with E-state index in [4.69, 9.17) is 21.1 Å². The zero-order valence-electron chi connectivity index (χ0n) is 18.9. The molecule has 2 aromatic carbocycles. The second-order valence-electron chi connectivity index (χ2n) is 8.31. The number of benzene rings is 2. The van der Waals surface area contributed by atoms with Crippen molar-refractivity contribution < 1.29 is 19.1 Å². The molecule has 10 heteroatoms. The maximum atomic E-state index is 11.1. The Labute approximate surface area is 208 Å². The fraction of sp³-hybridized carbons (Fsp3) is 0.280. The molecule has 1 fully saturated rings. The third-order valence-electron chi connectivity index (χ3n) is 5.76. The Morgan fingerprint density at radius 2 is 1.46 bits per heavy atom. The third kappa shape index (κ3) is 6.54. The van der Waals surface area contributed by atoms with E-state index in [0.717, 1.165) is 17.5 Å². The minimum Gasteiger partial charge on any atom is -0.376 e. The number of nitrogens with one attached hydrogen (secondary N) is 3. The van der Waals surface area contributed by atoms with Crippen LogP contribution in [0.2, 0.25) is 5.15 Å². The van der Waals surface area contributed by atoms with Crippen LogP contribution in [-0.2, 0) is 32.3 Å². The maximum absolute atomic E-state index is 11.1. The van der Waals surface area contributed by atoms with Crippen LogP contribution in [0.1, 0.15) is 17.5 Å². The van der Waals surface area contributed by atoms with E-state index in [2.05, 4.69) is 25.9 Å². The Morgan fingerprint density at radius 3 is 2.00 bits per heavy atom. The first-order valence-corrected chi connectivity index (χ1v) is 11.5. The predicted octanol–water partition coefficient (Wildman–Crippen LogP) is 3.87. The van der Waals surface area contributed by atoms with E-state index >= 15 is 0 Å². The van der Waals surface area contributed by atoms with Crippen LogP contribution in [0, 0.1) is 5.41 Å². The highest BCUT2D eigenvalue weighted by Gasteiger charge is 2.55. The lowest BCUT2D eigenvalue weighted by atomic mass is 10.1. The van der Waals surface area contributed by atoms with Crippen LogP contribution in [0.5, 0.6) is 0 Å². The van der Waals surface area contributed by atoms with Gasteiger partial charge in [0.25, 0.3) is 0 Å². The zero-order valence-corrected chi connectivity index (χ0v) is 19.7. The molecule has 0 spiro atoms. The second-order valence-corrected chi connectivity index (χ2v) is 8.66. The lowest BCUT2D eigenvalue weighted by Gasteiger charge is -2.20. The summed E-state index contributed by atoms with van der Waals surface area (Å²) in [6.07, 6.45) is 1.71. The number of hydrogen-bond acceptors (Lipinski definition) is 7. The topological polar surface area (TPSA) is 114 Å². The van der Waals surface area contributed by atoms with Gasteiger partial charge in [-0.3, -0.25) is 14.9 Å². The Balaban J connectivity index is 1.47. The minimum absolute atomic E-state index is 0.00542. The standard InChI is InChI=1S/C25H26ClN5O4/c26-22-21(27-16-32)23(31-24(30-22)28-17-33)29-20-11-25(20,14-34-12-18-7-3-1-4-8-18)15-35-13-19-9-5-2-6-10-19/h1-10,16-17,20H,11-15H2,(H,27,32)(H2,28,29,30,31,33). The molecule has 1 saturated carbocycles. The van der Waals surface area contributed by atoms with E-state index in [9.17, 15) is 9.59 Å². The Morgan fingerprint density at radius 1 is 0.886 bits per heavy atom. The molecule has 1 unspecified atom stereocenters. The normalized spacial score (nSPS) is 15.7. The van der Waals surface area contributed by atoms with Crippen LogP contribution in [-0.4, -0.2) is 42.0 Å². The number of ether oxygens (including phenoxy) is 2. The molecule has 182 valence electrons. The SMILES string of the molecule is O=CNc1nc(Cl)c(NC=O)c(NC2CC2(COCc2ccccc2)COCc2ccccc2)n1. The molecule has 1 atom stereocenters. The quantitative estimate of drug-likeness (QED) is 0.230. The summed E-state index contributed by atoms with van der Waals surface area (Å²) in [5.74, 6) is 0.329. The third-order valence-corrected chi connectivity index (χ3v) is 6.03. The summed E-state index contributed by atoms with van der Waals surface area (Å²) in [6.45, 7) is 1.89. The molecular formula is C25H26ClN5O4. The molecule has 0 radical (unpaired) electrons. The zero-order chi connectivity index (χ0) is 24.5. The van der Waals surface area contributed by atoms with Crippen molar-refractivity contribution in [3.63, 3.8) is 0 Å². The summed E-state index contributed by atoms with van der Waals surface area (Å²) >= 11 is 6.21. The van der Waals surface area contributed by atoms with E-state index < -0.39 is 0 Å². The van der Waals surface area contributed by atoms with Crippen LogP contribution in [0.15, 0.2) is 60.7 Å². The first kappa shape index (κ1) is 24.6. The first-order valence-electron chi connectivity index (χ1n) is 11.1. The summed E-state index contributed by atoms with van der Waals surface area (Å²) in [7, 11) is 0. The number of carbonyl (C=O) groups is 2. The molecule has 1 aromatic heterocycles. The lowest BCUT2D eigenvalue weighted by molar-refractivity contribution is -0.106. The van der Waals surface area contributed by atoms with Crippen molar-refractivity contribution in [1.82, 2.24) is 9.97 Å². The van der Waals surface area contributed by atoms with Crippen molar-refractivity contribution in [3.8, 4) is 0 Å². The van der Waals surface area contributed by atoms with Crippen LogP contribution < -0.4 is 16.0 Å². The van der Waals surface area contributed by atoms with E-state index in [1.165, 1.54) is 0 Å². The first-order chi connectivity index (χ1) is 17.1. The van der Waals surface area contributed by atoms with Gasteiger partial charge in [-0.25, -0.2) is 0 Å². The van der Waals surface area contributed by atoms with Crippen LogP contribution in [0.3, 0.4) is 0 Å². The van der Waals surface area contributed by atoms with Crippen molar-refractivity contribution in [2.75, 3.05) is 29.2 Å². The predicted molar refractivity (Wildman–Crippen MR) is 133 cm³/mol. The van der Waals surface area contributed by atoms with E-state index in [1.54, 1.807) is 0 Å². The van der Waals surface area contributed by atoms with Crippen molar-refractivity contribution in [3.05, 3.63) is 76.9 Å².